The summed E-state index contributed by atoms with van der Waals surface area (Å²) in [5.74, 6) is 1.18. The van der Waals surface area contributed by atoms with E-state index in [2.05, 4.69) is 22.8 Å². The predicted octanol–water partition coefficient (Wildman–Crippen LogP) is 0.586. The number of hydrogen-bond donors (Lipinski definition) is 2. The monoisotopic (exact) mass is 280 g/mol. The minimum absolute atomic E-state index is 0.00241. The molecule has 0 aromatic heterocycles. The fraction of sp³-hybridized carbons (Fsp3) is 0.500. The van der Waals surface area contributed by atoms with Crippen LogP contribution in [0.1, 0.15) is 18.1 Å². The molecule has 0 radical (unpaired) electrons. The van der Waals surface area contributed by atoms with Crippen LogP contribution < -0.4 is 10.6 Å². The molecule has 2 rings (SSSR count). The highest BCUT2D eigenvalue weighted by molar-refractivity contribution is 7.84. The Hall–Kier alpha value is -1.20. The van der Waals surface area contributed by atoms with E-state index in [1.807, 2.05) is 19.1 Å². The number of fused-ring (bicyclic) bond motifs is 1. The van der Waals surface area contributed by atoms with Gasteiger partial charge in [-0.15, -0.1) is 0 Å². The Labute approximate surface area is 116 Å². The van der Waals surface area contributed by atoms with Crippen LogP contribution in [-0.4, -0.2) is 34.2 Å². The first kappa shape index (κ1) is 14.2. The molecule has 5 heteroatoms. The minimum atomic E-state index is -0.820. The highest BCUT2D eigenvalue weighted by Gasteiger charge is 2.23. The third-order valence-corrected chi connectivity index (χ3v) is 4.65. The van der Waals surface area contributed by atoms with Gasteiger partial charge in [-0.25, -0.2) is 0 Å². The van der Waals surface area contributed by atoms with Crippen molar-refractivity contribution in [2.45, 2.75) is 25.9 Å². The number of benzene rings is 1. The van der Waals surface area contributed by atoms with Crippen LogP contribution in [0.25, 0.3) is 0 Å². The van der Waals surface area contributed by atoms with Crippen LogP contribution in [0.5, 0.6) is 0 Å². The first-order chi connectivity index (χ1) is 9.20. The van der Waals surface area contributed by atoms with Gasteiger partial charge in [-0.3, -0.25) is 9.00 Å². The second-order valence-corrected chi connectivity index (χ2v) is 6.50. The summed E-state index contributed by atoms with van der Waals surface area (Å²) in [4.78, 5) is 12.0. The molecule has 1 aromatic rings. The van der Waals surface area contributed by atoms with E-state index in [4.69, 9.17) is 0 Å². The molecule has 1 aliphatic heterocycles. The van der Waals surface area contributed by atoms with Crippen molar-refractivity contribution in [2.75, 3.05) is 18.1 Å². The van der Waals surface area contributed by atoms with Crippen molar-refractivity contribution in [1.29, 1.82) is 0 Å². The lowest BCUT2D eigenvalue weighted by atomic mass is 9.95. The van der Waals surface area contributed by atoms with Gasteiger partial charge in [0.05, 0.1) is 6.04 Å². The molecule has 1 aliphatic rings. The molecule has 2 N–H and O–H groups in total. The Balaban J connectivity index is 1.83. The van der Waals surface area contributed by atoms with Gasteiger partial charge >= 0.3 is 0 Å². The molecular weight excluding hydrogens is 260 g/mol. The van der Waals surface area contributed by atoms with Crippen molar-refractivity contribution in [3.8, 4) is 0 Å². The Kier molecular flexibility index (Phi) is 5.10. The van der Waals surface area contributed by atoms with Gasteiger partial charge in [-0.2, -0.15) is 0 Å². The summed E-state index contributed by atoms with van der Waals surface area (Å²) < 4.78 is 11.3. The van der Waals surface area contributed by atoms with Crippen LogP contribution in [0.3, 0.4) is 0 Å². The van der Waals surface area contributed by atoms with E-state index in [-0.39, 0.29) is 11.9 Å². The number of nitrogens with one attached hydrogen (secondary N) is 2. The molecule has 0 aliphatic carbocycles. The topological polar surface area (TPSA) is 58.2 Å². The Bertz CT molecular complexity index is 476. The van der Waals surface area contributed by atoms with Gasteiger partial charge < -0.3 is 10.6 Å². The van der Waals surface area contributed by atoms with Crippen LogP contribution >= 0.6 is 0 Å². The maximum Gasteiger partial charge on any atom is 0.237 e. The normalized spacial score (nSPS) is 19.5. The first-order valence-corrected chi connectivity index (χ1v) is 8.12. The molecule has 2 atom stereocenters. The second kappa shape index (κ2) is 6.82. The molecule has 1 aromatic carbocycles. The number of carbonyl (C=O) groups excluding carboxylic acids is 1. The minimum Gasteiger partial charge on any atom is -0.354 e. The van der Waals surface area contributed by atoms with E-state index in [1.54, 1.807) is 0 Å². The Morgan fingerprint density at radius 3 is 2.89 bits per heavy atom. The quantitative estimate of drug-likeness (QED) is 0.830. The summed E-state index contributed by atoms with van der Waals surface area (Å²) in [6.45, 7) is 3.10. The summed E-state index contributed by atoms with van der Waals surface area (Å²) in [6.07, 6.45) is 0.721. The van der Waals surface area contributed by atoms with E-state index in [1.165, 1.54) is 11.1 Å². The highest BCUT2D eigenvalue weighted by atomic mass is 32.2. The second-order valence-electron chi connectivity index (χ2n) is 4.63. The maximum atomic E-state index is 12.0. The van der Waals surface area contributed by atoms with Gasteiger partial charge in [0.15, 0.2) is 0 Å². The molecule has 19 heavy (non-hydrogen) atoms. The number of carbonyl (C=O) groups is 1. The summed E-state index contributed by atoms with van der Waals surface area (Å²) in [5.41, 5.74) is 2.50. The molecule has 0 fully saturated rings. The third-order valence-electron chi connectivity index (χ3n) is 3.35. The van der Waals surface area contributed by atoms with E-state index in [0.29, 0.717) is 18.1 Å². The van der Waals surface area contributed by atoms with Gasteiger partial charge in [0.1, 0.15) is 0 Å². The maximum absolute atomic E-state index is 12.0. The summed E-state index contributed by atoms with van der Waals surface area (Å²) >= 11 is 0. The van der Waals surface area contributed by atoms with Gasteiger partial charge in [-0.1, -0.05) is 31.2 Å². The molecule has 0 bridgehead atoms. The van der Waals surface area contributed by atoms with Crippen LogP contribution in [0, 0.1) is 0 Å². The molecule has 1 amide bonds. The van der Waals surface area contributed by atoms with Crippen LogP contribution in [0.4, 0.5) is 0 Å². The summed E-state index contributed by atoms with van der Waals surface area (Å²) in [6, 6.07) is 8.00. The average Bonchev–Trinajstić information content (AvgIpc) is 2.46. The molecule has 0 spiro atoms. The zero-order valence-electron chi connectivity index (χ0n) is 11.1. The molecule has 0 saturated carbocycles. The van der Waals surface area contributed by atoms with Crippen LogP contribution in [0.15, 0.2) is 24.3 Å². The zero-order chi connectivity index (χ0) is 13.7. The smallest absolute Gasteiger partial charge is 0.237 e. The Morgan fingerprint density at radius 1 is 1.42 bits per heavy atom. The third kappa shape index (κ3) is 3.88. The molecule has 1 unspecified atom stereocenters. The Morgan fingerprint density at radius 2 is 2.16 bits per heavy atom. The summed E-state index contributed by atoms with van der Waals surface area (Å²) in [5, 5.41) is 6.09. The van der Waals surface area contributed by atoms with Crippen LogP contribution in [0.2, 0.25) is 0 Å². The van der Waals surface area contributed by atoms with Crippen molar-refractivity contribution in [1.82, 2.24) is 10.6 Å². The van der Waals surface area contributed by atoms with Crippen molar-refractivity contribution in [2.24, 2.45) is 0 Å². The molecule has 104 valence electrons. The largest absolute Gasteiger partial charge is 0.354 e. The van der Waals surface area contributed by atoms with Crippen molar-refractivity contribution in [3.63, 3.8) is 0 Å². The average molecular weight is 280 g/mol. The number of rotatable bonds is 5. The van der Waals surface area contributed by atoms with E-state index < -0.39 is 10.8 Å². The van der Waals surface area contributed by atoms with E-state index in [9.17, 15) is 9.00 Å². The van der Waals surface area contributed by atoms with Crippen molar-refractivity contribution in [3.05, 3.63) is 35.4 Å². The molecule has 1 heterocycles. The molecular formula is C14H20N2O2S. The highest BCUT2D eigenvalue weighted by Crippen LogP contribution is 2.16. The number of hydrogen-bond acceptors (Lipinski definition) is 3. The van der Waals surface area contributed by atoms with Gasteiger partial charge in [0, 0.05) is 35.4 Å². The SMILES string of the molecule is CCS(=O)CCNC(=O)[C@@H]1Cc2ccccc2CN1. The first-order valence-electron chi connectivity index (χ1n) is 6.63. The van der Waals surface area contributed by atoms with Gasteiger partial charge in [-0.05, 0) is 17.5 Å². The zero-order valence-corrected chi connectivity index (χ0v) is 12.0. The molecule has 4 nitrogen and oxygen atoms in total. The lowest BCUT2D eigenvalue weighted by molar-refractivity contribution is -0.123. The fourth-order valence-corrected chi connectivity index (χ4v) is 2.81. The lowest BCUT2D eigenvalue weighted by Gasteiger charge is -2.25. The summed E-state index contributed by atoms with van der Waals surface area (Å²) in [7, 11) is -0.820. The standard InChI is InChI=1S/C14H20N2O2S/c1-2-19(18)8-7-15-14(17)13-9-11-5-3-4-6-12(11)10-16-13/h3-6,13,16H,2,7-10H2,1H3,(H,15,17)/t13-,19?/m0/s1. The van der Waals surface area contributed by atoms with Gasteiger partial charge in [0.2, 0.25) is 5.91 Å². The van der Waals surface area contributed by atoms with Crippen LogP contribution in [-0.2, 0) is 28.6 Å². The van der Waals surface area contributed by atoms with E-state index in [0.717, 1.165) is 13.0 Å². The predicted molar refractivity (Wildman–Crippen MR) is 77.3 cm³/mol. The van der Waals surface area contributed by atoms with Crippen molar-refractivity contribution < 1.29 is 9.00 Å². The van der Waals surface area contributed by atoms with E-state index >= 15 is 0 Å². The number of amides is 1. The molecule has 0 saturated heterocycles. The van der Waals surface area contributed by atoms with Crippen molar-refractivity contribution >= 4 is 16.7 Å². The lowest BCUT2D eigenvalue weighted by Crippen LogP contribution is -2.48. The fourth-order valence-electron chi connectivity index (χ4n) is 2.20. The van der Waals surface area contributed by atoms with Gasteiger partial charge in [0.25, 0.3) is 0 Å².